The van der Waals surface area contributed by atoms with Gasteiger partial charge in [0.1, 0.15) is 0 Å². The summed E-state index contributed by atoms with van der Waals surface area (Å²) >= 11 is 0. The third-order valence-corrected chi connectivity index (χ3v) is 3.49. The molecule has 0 aliphatic carbocycles. The number of aliphatic imine (C=N–C) groups is 1. The summed E-state index contributed by atoms with van der Waals surface area (Å²) in [6, 6.07) is 6.00. The Balaban J connectivity index is 0.00000529. The first-order chi connectivity index (χ1) is 11.2. The Labute approximate surface area is 162 Å². The van der Waals surface area contributed by atoms with Gasteiger partial charge in [0.2, 0.25) is 0 Å². The quantitative estimate of drug-likeness (QED) is 0.271. The van der Waals surface area contributed by atoms with Gasteiger partial charge in [-0.1, -0.05) is 6.07 Å². The van der Waals surface area contributed by atoms with Crippen molar-refractivity contribution >= 4 is 29.9 Å². The predicted octanol–water partition coefficient (Wildman–Crippen LogP) is 2.41. The minimum Gasteiger partial charge on any atom is -0.493 e. The number of guanidine groups is 1. The van der Waals surface area contributed by atoms with Gasteiger partial charge < -0.3 is 24.4 Å². The van der Waals surface area contributed by atoms with Crippen LogP contribution in [-0.4, -0.2) is 65.5 Å². The molecule has 0 radical (unpaired) electrons. The molecule has 138 valence electrons. The second-order valence-electron chi connectivity index (χ2n) is 5.03. The van der Waals surface area contributed by atoms with Gasteiger partial charge in [-0.25, -0.2) is 0 Å². The van der Waals surface area contributed by atoms with Crippen LogP contribution in [0.1, 0.15) is 12.5 Å². The van der Waals surface area contributed by atoms with E-state index in [1.165, 1.54) is 5.56 Å². The van der Waals surface area contributed by atoms with Crippen LogP contribution < -0.4 is 14.8 Å². The molecule has 1 aromatic rings. The number of rotatable bonds is 9. The number of halogens is 1. The van der Waals surface area contributed by atoms with E-state index in [4.69, 9.17) is 14.2 Å². The highest BCUT2D eigenvalue weighted by molar-refractivity contribution is 14.0. The molecule has 0 aliphatic rings. The van der Waals surface area contributed by atoms with E-state index in [0.29, 0.717) is 6.61 Å². The first kappa shape index (κ1) is 22.8. The molecule has 0 unspecified atom stereocenters. The summed E-state index contributed by atoms with van der Waals surface area (Å²) in [5.74, 6) is 2.37. The smallest absolute Gasteiger partial charge is 0.193 e. The molecule has 24 heavy (non-hydrogen) atoms. The van der Waals surface area contributed by atoms with E-state index < -0.39 is 0 Å². The zero-order chi connectivity index (χ0) is 17.1. The highest BCUT2D eigenvalue weighted by Crippen LogP contribution is 2.27. The molecule has 1 aromatic carbocycles. The summed E-state index contributed by atoms with van der Waals surface area (Å²) in [7, 11) is 7.10. The second kappa shape index (κ2) is 13.1. The molecule has 6 nitrogen and oxygen atoms in total. The number of methoxy groups -OCH3 is 2. The van der Waals surface area contributed by atoms with Crippen LogP contribution in [0.2, 0.25) is 0 Å². The molecule has 0 saturated carbocycles. The van der Waals surface area contributed by atoms with Crippen LogP contribution >= 0.6 is 24.0 Å². The van der Waals surface area contributed by atoms with Crippen molar-refractivity contribution in [3.05, 3.63) is 23.8 Å². The standard InChI is InChI=1S/C17H29N3O3.HI/c1-6-23-12-10-19-17(18-2)20(3)11-9-14-7-8-15(21-4)16(13-14)22-5;/h7-8,13H,6,9-12H2,1-5H3,(H,18,19);1H. The maximum atomic E-state index is 5.34. The zero-order valence-corrected chi connectivity index (χ0v) is 17.6. The van der Waals surface area contributed by atoms with Crippen LogP contribution in [0.4, 0.5) is 0 Å². The summed E-state index contributed by atoms with van der Waals surface area (Å²) in [5, 5.41) is 3.29. The van der Waals surface area contributed by atoms with Crippen LogP contribution in [0.15, 0.2) is 23.2 Å². The maximum Gasteiger partial charge on any atom is 0.193 e. The summed E-state index contributed by atoms with van der Waals surface area (Å²) in [6.07, 6.45) is 0.892. The van der Waals surface area contributed by atoms with Crippen molar-refractivity contribution in [1.82, 2.24) is 10.2 Å². The summed E-state index contributed by atoms with van der Waals surface area (Å²) in [6.45, 7) is 5.00. The van der Waals surface area contributed by atoms with Crippen LogP contribution in [0, 0.1) is 0 Å². The Hall–Kier alpha value is -1.22. The van der Waals surface area contributed by atoms with Gasteiger partial charge in [0.25, 0.3) is 0 Å². The van der Waals surface area contributed by atoms with Crippen molar-refractivity contribution in [3.63, 3.8) is 0 Å². The molecule has 0 saturated heterocycles. The van der Waals surface area contributed by atoms with Crippen molar-refractivity contribution < 1.29 is 14.2 Å². The molecule has 0 amide bonds. The highest BCUT2D eigenvalue weighted by Gasteiger charge is 2.08. The molecule has 0 spiro atoms. The van der Waals surface area contributed by atoms with E-state index in [9.17, 15) is 0 Å². The first-order valence-electron chi connectivity index (χ1n) is 7.86. The van der Waals surface area contributed by atoms with Crippen LogP contribution in [-0.2, 0) is 11.2 Å². The van der Waals surface area contributed by atoms with Crippen molar-refractivity contribution in [2.45, 2.75) is 13.3 Å². The van der Waals surface area contributed by atoms with Gasteiger partial charge in [-0.2, -0.15) is 0 Å². The lowest BCUT2D eigenvalue weighted by atomic mass is 10.1. The van der Waals surface area contributed by atoms with E-state index in [2.05, 4.69) is 21.3 Å². The minimum atomic E-state index is 0. The van der Waals surface area contributed by atoms with Gasteiger partial charge in [-0.05, 0) is 31.0 Å². The topological polar surface area (TPSA) is 55.3 Å². The lowest BCUT2D eigenvalue weighted by Crippen LogP contribution is -2.41. The number of likely N-dealkylation sites (N-methyl/N-ethyl adjacent to an activating group) is 1. The molecular weight excluding hydrogens is 421 g/mol. The maximum absolute atomic E-state index is 5.34. The SMILES string of the molecule is CCOCCNC(=NC)N(C)CCc1ccc(OC)c(OC)c1.I. The molecule has 0 bridgehead atoms. The Kier molecular flexibility index (Phi) is 12.4. The van der Waals surface area contributed by atoms with E-state index >= 15 is 0 Å². The lowest BCUT2D eigenvalue weighted by Gasteiger charge is -2.22. The Morgan fingerprint density at radius 2 is 1.92 bits per heavy atom. The summed E-state index contributed by atoms with van der Waals surface area (Å²) < 4.78 is 15.9. The van der Waals surface area contributed by atoms with E-state index in [0.717, 1.165) is 43.6 Å². The molecule has 0 aromatic heterocycles. The molecule has 1 rings (SSSR count). The molecule has 0 aliphatic heterocycles. The van der Waals surface area contributed by atoms with Crippen molar-refractivity contribution in [3.8, 4) is 11.5 Å². The number of ether oxygens (including phenoxy) is 3. The lowest BCUT2D eigenvalue weighted by molar-refractivity contribution is 0.152. The van der Waals surface area contributed by atoms with E-state index in [1.807, 2.05) is 26.1 Å². The summed E-state index contributed by atoms with van der Waals surface area (Å²) in [5.41, 5.74) is 1.19. The van der Waals surface area contributed by atoms with Crippen LogP contribution in [0.3, 0.4) is 0 Å². The summed E-state index contributed by atoms with van der Waals surface area (Å²) in [4.78, 5) is 6.39. The fourth-order valence-electron chi connectivity index (χ4n) is 2.20. The Morgan fingerprint density at radius 1 is 1.21 bits per heavy atom. The van der Waals surface area contributed by atoms with Gasteiger partial charge in [-0.3, -0.25) is 4.99 Å². The molecule has 0 heterocycles. The van der Waals surface area contributed by atoms with Gasteiger partial charge in [-0.15, -0.1) is 24.0 Å². The predicted molar refractivity (Wildman–Crippen MR) is 109 cm³/mol. The van der Waals surface area contributed by atoms with Crippen molar-refractivity contribution in [2.24, 2.45) is 4.99 Å². The largest absolute Gasteiger partial charge is 0.493 e. The average molecular weight is 451 g/mol. The van der Waals surface area contributed by atoms with E-state index in [-0.39, 0.29) is 24.0 Å². The molecule has 1 N–H and O–H groups in total. The van der Waals surface area contributed by atoms with Gasteiger partial charge in [0.15, 0.2) is 17.5 Å². The molecule has 0 fully saturated rings. The van der Waals surface area contributed by atoms with E-state index in [1.54, 1.807) is 21.3 Å². The molecule has 0 atom stereocenters. The third-order valence-electron chi connectivity index (χ3n) is 3.49. The molecular formula is C17H30IN3O3. The van der Waals surface area contributed by atoms with Gasteiger partial charge in [0.05, 0.1) is 20.8 Å². The molecule has 7 heteroatoms. The van der Waals surface area contributed by atoms with Gasteiger partial charge in [0, 0.05) is 33.8 Å². The van der Waals surface area contributed by atoms with Crippen molar-refractivity contribution in [2.75, 3.05) is 54.6 Å². The highest BCUT2D eigenvalue weighted by atomic mass is 127. The minimum absolute atomic E-state index is 0. The number of benzene rings is 1. The number of hydrogen-bond donors (Lipinski definition) is 1. The monoisotopic (exact) mass is 451 g/mol. The number of hydrogen-bond acceptors (Lipinski definition) is 4. The zero-order valence-electron chi connectivity index (χ0n) is 15.3. The third kappa shape index (κ3) is 7.57. The number of nitrogens with zero attached hydrogens (tertiary/aromatic N) is 2. The van der Waals surface area contributed by atoms with Crippen LogP contribution in [0.25, 0.3) is 0 Å². The number of nitrogens with one attached hydrogen (secondary N) is 1. The second-order valence-corrected chi connectivity index (χ2v) is 5.03. The van der Waals surface area contributed by atoms with Gasteiger partial charge >= 0.3 is 0 Å². The fourth-order valence-corrected chi connectivity index (χ4v) is 2.20. The average Bonchev–Trinajstić information content (AvgIpc) is 2.59. The fraction of sp³-hybridized carbons (Fsp3) is 0.588. The Bertz CT molecular complexity index is 498. The normalized spacial score (nSPS) is 10.8. The van der Waals surface area contributed by atoms with Crippen molar-refractivity contribution in [1.29, 1.82) is 0 Å². The Morgan fingerprint density at radius 3 is 2.50 bits per heavy atom. The van der Waals surface area contributed by atoms with Crippen LogP contribution in [0.5, 0.6) is 11.5 Å². The first-order valence-corrected chi connectivity index (χ1v) is 7.86.